The molecule has 2 N–H and O–H groups in total. The Morgan fingerprint density at radius 2 is 2.32 bits per heavy atom. The minimum Gasteiger partial charge on any atom is -0.497 e. The van der Waals surface area contributed by atoms with Gasteiger partial charge in [-0.15, -0.1) is 0 Å². The minimum atomic E-state index is -0.166. The van der Waals surface area contributed by atoms with Crippen LogP contribution in [0.15, 0.2) is 24.3 Å². The first kappa shape index (κ1) is 16.6. The van der Waals surface area contributed by atoms with Crippen LogP contribution in [0.2, 0.25) is 0 Å². The second kappa shape index (κ2) is 8.63. The van der Waals surface area contributed by atoms with Crippen LogP contribution in [0.5, 0.6) is 5.75 Å². The maximum Gasteiger partial charge on any atom is 0.319 e. The highest BCUT2D eigenvalue weighted by Gasteiger charge is 2.15. The number of piperidine rings is 1. The molecule has 0 spiro atoms. The van der Waals surface area contributed by atoms with Crippen molar-refractivity contribution in [2.24, 2.45) is 5.92 Å². The molecule has 0 saturated carbocycles. The van der Waals surface area contributed by atoms with Crippen LogP contribution in [0.1, 0.15) is 26.2 Å². The van der Waals surface area contributed by atoms with Crippen LogP contribution in [-0.4, -0.2) is 44.2 Å². The van der Waals surface area contributed by atoms with Gasteiger partial charge in [-0.3, -0.25) is 0 Å². The Labute approximate surface area is 133 Å². The lowest BCUT2D eigenvalue weighted by Gasteiger charge is -2.30. The van der Waals surface area contributed by atoms with Crippen molar-refractivity contribution in [3.8, 4) is 5.75 Å². The number of benzene rings is 1. The molecule has 22 heavy (non-hydrogen) atoms. The van der Waals surface area contributed by atoms with Crippen LogP contribution >= 0.6 is 0 Å². The Morgan fingerprint density at radius 3 is 3.09 bits per heavy atom. The third kappa shape index (κ3) is 5.56. The summed E-state index contributed by atoms with van der Waals surface area (Å²) in [5, 5.41) is 5.72. The third-order valence-electron chi connectivity index (χ3n) is 4.01. The zero-order valence-electron chi connectivity index (χ0n) is 13.6. The smallest absolute Gasteiger partial charge is 0.319 e. The second-order valence-electron chi connectivity index (χ2n) is 6.01. The average molecular weight is 305 g/mol. The number of methoxy groups -OCH3 is 1. The van der Waals surface area contributed by atoms with E-state index >= 15 is 0 Å². The maximum atomic E-state index is 11.8. The van der Waals surface area contributed by atoms with Crippen molar-refractivity contribution in [1.29, 1.82) is 0 Å². The van der Waals surface area contributed by atoms with E-state index in [0.29, 0.717) is 6.54 Å². The van der Waals surface area contributed by atoms with E-state index in [9.17, 15) is 4.79 Å². The van der Waals surface area contributed by atoms with Crippen LogP contribution in [0.25, 0.3) is 0 Å². The first-order valence-electron chi connectivity index (χ1n) is 8.08. The van der Waals surface area contributed by atoms with E-state index in [1.165, 1.54) is 25.9 Å². The highest BCUT2D eigenvalue weighted by Crippen LogP contribution is 2.16. The second-order valence-corrected chi connectivity index (χ2v) is 6.01. The van der Waals surface area contributed by atoms with E-state index in [4.69, 9.17) is 4.74 Å². The Kier molecular flexibility index (Phi) is 6.52. The Balaban J connectivity index is 1.63. The summed E-state index contributed by atoms with van der Waals surface area (Å²) < 4.78 is 5.13. The van der Waals surface area contributed by atoms with Crippen molar-refractivity contribution >= 4 is 11.7 Å². The van der Waals surface area contributed by atoms with E-state index in [0.717, 1.165) is 30.3 Å². The number of ether oxygens (including phenoxy) is 1. The van der Waals surface area contributed by atoms with Gasteiger partial charge in [0.25, 0.3) is 0 Å². The molecule has 2 amide bonds. The van der Waals surface area contributed by atoms with Crippen LogP contribution in [0, 0.1) is 5.92 Å². The Bertz CT molecular complexity index is 479. The van der Waals surface area contributed by atoms with Gasteiger partial charge in [-0.2, -0.15) is 0 Å². The molecule has 1 aromatic carbocycles. The monoisotopic (exact) mass is 305 g/mol. The minimum absolute atomic E-state index is 0.166. The largest absolute Gasteiger partial charge is 0.497 e. The van der Waals surface area contributed by atoms with Crippen molar-refractivity contribution in [2.75, 3.05) is 38.6 Å². The zero-order chi connectivity index (χ0) is 15.8. The molecule has 1 heterocycles. The molecule has 0 radical (unpaired) electrons. The molecular formula is C17H27N3O2. The number of carbonyl (C=O) groups is 1. The summed E-state index contributed by atoms with van der Waals surface area (Å²) in [6.45, 7) is 6.45. The molecule has 5 nitrogen and oxygen atoms in total. The fourth-order valence-corrected chi connectivity index (χ4v) is 2.87. The van der Waals surface area contributed by atoms with Crippen LogP contribution in [0.3, 0.4) is 0 Å². The summed E-state index contributed by atoms with van der Waals surface area (Å²) in [5.74, 6) is 1.54. The molecule has 0 aromatic heterocycles. The summed E-state index contributed by atoms with van der Waals surface area (Å²) in [6, 6.07) is 7.18. The van der Waals surface area contributed by atoms with Crippen LogP contribution < -0.4 is 15.4 Å². The lowest BCUT2D eigenvalue weighted by Crippen LogP contribution is -2.37. The number of hydrogen-bond acceptors (Lipinski definition) is 3. The number of carbonyl (C=O) groups excluding carboxylic acids is 1. The van der Waals surface area contributed by atoms with Crippen molar-refractivity contribution in [1.82, 2.24) is 10.2 Å². The molecule has 1 fully saturated rings. The topological polar surface area (TPSA) is 53.6 Å². The summed E-state index contributed by atoms with van der Waals surface area (Å²) in [7, 11) is 1.61. The summed E-state index contributed by atoms with van der Waals surface area (Å²) in [6.07, 6.45) is 3.63. The Morgan fingerprint density at radius 1 is 1.45 bits per heavy atom. The molecular weight excluding hydrogens is 278 g/mol. The number of rotatable bonds is 6. The standard InChI is InChI=1S/C17H27N3O2/c1-14-6-4-10-20(13-14)11-5-9-18-17(21)19-15-7-3-8-16(12-15)22-2/h3,7-8,12,14H,4-6,9-11,13H2,1-2H3,(H2,18,19,21). The van der Waals surface area contributed by atoms with Gasteiger partial charge in [0.1, 0.15) is 5.75 Å². The first-order valence-corrected chi connectivity index (χ1v) is 8.08. The van der Waals surface area contributed by atoms with Gasteiger partial charge < -0.3 is 20.3 Å². The number of urea groups is 1. The quantitative estimate of drug-likeness (QED) is 0.795. The van der Waals surface area contributed by atoms with Gasteiger partial charge in [0.05, 0.1) is 7.11 Å². The van der Waals surface area contributed by atoms with Crippen molar-refractivity contribution in [2.45, 2.75) is 26.2 Å². The fourth-order valence-electron chi connectivity index (χ4n) is 2.87. The third-order valence-corrected chi connectivity index (χ3v) is 4.01. The van der Waals surface area contributed by atoms with Gasteiger partial charge in [0.15, 0.2) is 0 Å². The molecule has 1 saturated heterocycles. The normalized spacial score (nSPS) is 18.7. The summed E-state index contributed by atoms with van der Waals surface area (Å²) in [4.78, 5) is 14.3. The fraction of sp³-hybridized carbons (Fsp3) is 0.588. The van der Waals surface area contributed by atoms with E-state index in [1.807, 2.05) is 18.2 Å². The SMILES string of the molecule is COc1cccc(NC(=O)NCCCN2CCCC(C)C2)c1. The predicted molar refractivity (Wildman–Crippen MR) is 89.5 cm³/mol. The van der Waals surface area contributed by atoms with E-state index in [1.54, 1.807) is 13.2 Å². The first-order chi connectivity index (χ1) is 10.7. The van der Waals surface area contributed by atoms with E-state index in [-0.39, 0.29) is 6.03 Å². The van der Waals surface area contributed by atoms with Gasteiger partial charge in [-0.25, -0.2) is 4.79 Å². The highest BCUT2D eigenvalue weighted by atomic mass is 16.5. The molecule has 122 valence electrons. The molecule has 1 aliphatic rings. The molecule has 1 unspecified atom stereocenters. The molecule has 5 heteroatoms. The van der Waals surface area contributed by atoms with Crippen molar-refractivity contribution < 1.29 is 9.53 Å². The average Bonchev–Trinajstić information content (AvgIpc) is 2.52. The number of likely N-dealkylation sites (tertiary alicyclic amines) is 1. The molecule has 0 aliphatic carbocycles. The Hall–Kier alpha value is -1.75. The van der Waals surface area contributed by atoms with E-state index in [2.05, 4.69) is 22.5 Å². The number of amides is 2. The summed E-state index contributed by atoms with van der Waals surface area (Å²) >= 11 is 0. The van der Waals surface area contributed by atoms with Gasteiger partial charge in [-0.05, 0) is 50.4 Å². The molecule has 1 aliphatic heterocycles. The predicted octanol–water partition coefficient (Wildman–Crippen LogP) is 2.94. The highest BCUT2D eigenvalue weighted by molar-refractivity contribution is 5.89. The number of nitrogens with zero attached hydrogens (tertiary/aromatic N) is 1. The molecule has 2 rings (SSSR count). The lowest BCUT2D eigenvalue weighted by molar-refractivity contribution is 0.182. The van der Waals surface area contributed by atoms with Crippen molar-refractivity contribution in [3.05, 3.63) is 24.3 Å². The van der Waals surface area contributed by atoms with Gasteiger partial charge in [-0.1, -0.05) is 13.0 Å². The number of hydrogen-bond donors (Lipinski definition) is 2. The van der Waals surface area contributed by atoms with Gasteiger partial charge in [0, 0.05) is 24.8 Å². The maximum absolute atomic E-state index is 11.8. The molecule has 0 bridgehead atoms. The molecule has 1 aromatic rings. The van der Waals surface area contributed by atoms with Crippen LogP contribution in [-0.2, 0) is 0 Å². The summed E-state index contributed by atoms with van der Waals surface area (Å²) in [5.41, 5.74) is 0.738. The van der Waals surface area contributed by atoms with Gasteiger partial charge in [0.2, 0.25) is 0 Å². The van der Waals surface area contributed by atoms with E-state index < -0.39 is 0 Å². The lowest BCUT2D eigenvalue weighted by atomic mass is 10.0. The van der Waals surface area contributed by atoms with Crippen molar-refractivity contribution in [3.63, 3.8) is 0 Å². The van der Waals surface area contributed by atoms with Gasteiger partial charge >= 0.3 is 6.03 Å². The molecule has 1 atom stereocenters. The number of nitrogens with one attached hydrogen (secondary N) is 2. The van der Waals surface area contributed by atoms with Crippen LogP contribution in [0.4, 0.5) is 10.5 Å². The zero-order valence-corrected chi connectivity index (χ0v) is 13.6. The number of anilines is 1.